The highest BCUT2D eigenvalue weighted by Crippen LogP contribution is 2.22. The number of aromatic nitrogens is 2. The van der Waals surface area contributed by atoms with Gasteiger partial charge in [0.1, 0.15) is 5.75 Å². The van der Waals surface area contributed by atoms with E-state index in [1.165, 1.54) is 32.1 Å². The zero-order valence-corrected chi connectivity index (χ0v) is 17.1. The van der Waals surface area contributed by atoms with E-state index >= 15 is 0 Å². The van der Waals surface area contributed by atoms with E-state index in [-0.39, 0.29) is 5.97 Å². The predicted octanol–water partition coefficient (Wildman–Crippen LogP) is 4.97. The van der Waals surface area contributed by atoms with Gasteiger partial charge in [-0.15, -0.1) is 0 Å². The molecule has 29 heavy (non-hydrogen) atoms. The van der Waals surface area contributed by atoms with Crippen molar-refractivity contribution in [3.05, 3.63) is 36.7 Å². The standard InChI is InChI=1S/C23H30N2O4/c1-2-3-4-5-6-7-14-27-20-16-24-22(25-17-20)18-10-12-19(13-11-18)29-23(26)21-9-8-15-28-21/h10-13,16-17,21H,2-9,14-15H2,1H3. The van der Waals surface area contributed by atoms with E-state index in [4.69, 9.17) is 14.2 Å². The summed E-state index contributed by atoms with van der Waals surface area (Å²) >= 11 is 0. The normalized spacial score (nSPS) is 16.0. The quantitative estimate of drug-likeness (QED) is 0.302. The van der Waals surface area contributed by atoms with Gasteiger partial charge in [0.05, 0.1) is 19.0 Å². The molecule has 1 aromatic carbocycles. The van der Waals surface area contributed by atoms with Crippen LogP contribution in [0.4, 0.5) is 0 Å². The topological polar surface area (TPSA) is 70.5 Å². The lowest BCUT2D eigenvalue weighted by Crippen LogP contribution is -2.24. The molecule has 6 nitrogen and oxygen atoms in total. The van der Waals surface area contributed by atoms with Gasteiger partial charge in [-0.05, 0) is 43.5 Å². The van der Waals surface area contributed by atoms with E-state index in [0.717, 1.165) is 24.8 Å². The first kappa shape index (κ1) is 21.2. The van der Waals surface area contributed by atoms with Crippen LogP contribution in [0.25, 0.3) is 11.4 Å². The molecule has 0 aliphatic carbocycles. The second-order valence-electron chi connectivity index (χ2n) is 7.31. The molecule has 1 saturated heterocycles. The minimum absolute atomic E-state index is 0.335. The van der Waals surface area contributed by atoms with Gasteiger partial charge in [-0.1, -0.05) is 39.0 Å². The molecule has 2 aromatic rings. The summed E-state index contributed by atoms with van der Waals surface area (Å²) in [7, 11) is 0. The van der Waals surface area contributed by atoms with Crippen LogP contribution in [0.1, 0.15) is 58.3 Å². The molecule has 0 radical (unpaired) electrons. The lowest BCUT2D eigenvalue weighted by molar-refractivity contribution is -0.144. The van der Waals surface area contributed by atoms with Gasteiger partial charge in [0.2, 0.25) is 0 Å². The number of carbonyl (C=O) groups excluding carboxylic acids is 1. The Labute approximate surface area is 172 Å². The van der Waals surface area contributed by atoms with Crippen LogP contribution in [-0.2, 0) is 9.53 Å². The van der Waals surface area contributed by atoms with Gasteiger partial charge < -0.3 is 14.2 Å². The molecule has 0 saturated carbocycles. The summed E-state index contributed by atoms with van der Waals surface area (Å²) in [6, 6.07) is 7.16. The number of nitrogens with zero attached hydrogens (tertiary/aromatic N) is 2. The predicted molar refractivity (Wildman–Crippen MR) is 111 cm³/mol. The van der Waals surface area contributed by atoms with Gasteiger partial charge >= 0.3 is 5.97 Å². The van der Waals surface area contributed by atoms with Crippen LogP contribution in [0.3, 0.4) is 0 Å². The van der Waals surface area contributed by atoms with Crippen molar-refractivity contribution in [1.29, 1.82) is 0 Å². The molecule has 6 heteroatoms. The van der Waals surface area contributed by atoms with E-state index < -0.39 is 6.10 Å². The summed E-state index contributed by atoms with van der Waals surface area (Å²) in [5.41, 5.74) is 0.851. The number of benzene rings is 1. The number of unbranched alkanes of at least 4 members (excludes halogenated alkanes) is 5. The van der Waals surface area contributed by atoms with E-state index in [0.29, 0.717) is 30.5 Å². The van der Waals surface area contributed by atoms with E-state index in [2.05, 4.69) is 16.9 Å². The Morgan fingerprint density at radius 1 is 1.03 bits per heavy atom. The van der Waals surface area contributed by atoms with Crippen molar-refractivity contribution in [2.24, 2.45) is 0 Å². The summed E-state index contributed by atoms with van der Waals surface area (Å²) in [5.74, 6) is 1.45. The van der Waals surface area contributed by atoms with Crippen molar-refractivity contribution < 1.29 is 19.0 Å². The third-order valence-electron chi connectivity index (χ3n) is 4.92. The zero-order chi connectivity index (χ0) is 20.3. The van der Waals surface area contributed by atoms with Crippen molar-refractivity contribution >= 4 is 5.97 Å². The average molecular weight is 399 g/mol. The van der Waals surface area contributed by atoms with Crippen molar-refractivity contribution in [3.8, 4) is 22.9 Å². The molecule has 1 atom stereocenters. The maximum Gasteiger partial charge on any atom is 0.340 e. The molecular formula is C23H30N2O4. The molecule has 0 bridgehead atoms. The molecular weight excluding hydrogens is 368 g/mol. The summed E-state index contributed by atoms with van der Waals surface area (Å²) in [5, 5.41) is 0. The Morgan fingerprint density at radius 3 is 2.45 bits per heavy atom. The molecule has 1 aromatic heterocycles. The van der Waals surface area contributed by atoms with Crippen LogP contribution < -0.4 is 9.47 Å². The maximum absolute atomic E-state index is 12.0. The Balaban J connectivity index is 1.44. The highest BCUT2D eigenvalue weighted by atomic mass is 16.6. The van der Waals surface area contributed by atoms with Crippen LogP contribution in [0, 0.1) is 0 Å². The van der Waals surface area contributed by atoms with Crippen LogP contribution in [0.15, 0.2) is 36.7 Å². The Bertz CT molecular complexity index is 740. The number of esters is 1. The van der Waals surface area contributed by atoms with Crippen molar-refractivity contribution in [2.45, 2.75) is 64.4 Å². The second-order valence-corrected chi connectivity index (χ2v) is 7.31. The molecule has 1 unspecified atom stereocenters. The van der Waals surface area contributed by atoms with Crippen LogP contribution in [0.5, 0.6) is 11.5 Å². The Morgan fingerprint density at radius 2 is 1.76 bits per heavy atom. The fourth-order valence-electron chi connectivity index (χ4n) is 3.23. The van der Waals surface area contributed by atoms with E-state index in [1.54, 1.807) is 24.5 Å². The highest BCUT2D eigenvalue weighted by Gasteiger charge is 2.25. The van der Waals surface area contributed by atoms with Crippen LogP contribution >= 0.6 is 0 Å². The number of ether oxygens (including phenoxy) is 3. The Hall–Kier alpha value is -2.47. The van der Waals surface area contributed by atoms with E-state index in [1.807, 2.05) is 12.1 Å². The average Bonchev–Trinajstić information content (AvgIpc) is 3.29. The molecule has 2 heterocycles. The molecule has 0 N–H and O–H groups in total. The van der Waals surface area contributed by atoms with Crippen molar-refractivity contribution in [1.82, 2.24) is 9.97 Å². The lowest BCUT2D eigenvalue weighted by atomic mass is 10.1. The lowest BCUT2D eigenvalue weighted by Gasteiger charge is -2.10. The number of hydrogen-bond donors (Lipinski definition) is 0. The minimum Gasteiger partial charge on any atom is -0.490 e. The fourth-order valence-corrected chi connectivity index (χ4v) is 3.23. The Kier molecular flexibility index (Phi) is 8.43. The summed E-state index contributed by atoms with van der Waals surface area (Å²) in [6.45, 7) is 3.54. The number of hydrogen-bond acceptors (Lipinski definition) is 6. The first-order chi connectivity index (χ1) is 14.3. The molecule has 156 valence electrons. The maximum atomic E-state index is 12.0. The second kappa shape index (κ2) is 11.5. The molecule has 1 fully saturated rings. The van der Waals surface area contributed by atoms with Crippen molar-refractivity contribution in [3.63, 3.8) is 0 Å². The SMILES string of the molecule is CCCCCCCCOc1cnc(-c2ccc(OC(=O)C3CCCO3)cc2)nc1. The summed E-state index contributed by atoms with van der Waals surface area (Å²) < 4.78 is 16.4. The smallest absolute Gasteiger partial charge is 0.340 e. The monoisotopic (exact) mass is 398 g/mol. The number of rotatable bonds is 11. The van der Waals surface area contributed by atoms with Gasteiger partial charge in [-0.3, -0.25) is 0 Å². The highest BCUT2D eigenvalue weighted by molar-refractivity contribution is 5.77. The fraction of sp³-hybridized carbons (Fsp3) is 0.522. The first-order valence-corrected chi connectivity index (χ1v) is 10.6. The zero-order valence-electron chi connectivity index (χ0n) is 17.1. The van der Waals surface area contributed by atoms with Gasteiger partial charge in [-0.25, -0.2) is 14.8 Å². The molecule has 0 amide bonds. The molecule has 1 aliphatic rings. The van der Waals surface area contributed by atoms with E-state index in [9.17, 15) is 4.79 Å². The first-order valence-electron chi connectivity index (χ1n) is 10.6. The third kappa shape index (κ3) is 6.82. The minimum atomic E-state index is -0.443. The summed E-state index contributed by atoms with van der Waals surface area (Å²) in [4.78, 5) is 20.8. The van der Waals surface area contributed by atoms with Gasteiger partial charge in [0.25, 0.3) is 0 Å². The number of carbonyl (C=O) groups is 1. The van der Waals surface area contributed by atoms with Gasteiger partial charge in [0.15, 0.2) is 17.7 Å². The molecule has 0 spiro atoms. The summed E-state index contributed by atoms with van der Waals surface area (Å²) in [6.07, 6.45) is 12.0. The van der Waals surface area contributed by atoms with Crippen molar-refractivity contribution in [2.75, 3.05) is 13.2 Å². The van der Waals surface area contributed by atoms with Crippen LogP contribution in [0.2, 0.25) is 0 Å². The van der Waals surface area contributed by atoms with Gasteiger partial charge in [-0.2, -0.15) is 0 Å². The van der Waals surface area contributed by atoms with Gasteiger partial charge in [0, 0.05) is 12.2 Å². The third-order valence-corrected chi connectivity index (χ3v) is 4.92. The largest absolute Gasteiger partial charge is 0.490 e. The molecule has 1 aliphatic heterocycles. The van der Waals surface area contributed by atoms with Crippen LogP contribution in [-0.4, -0.2) is 35.3 Å². The molecule has 3 rings (SSSR count).